The van der Waals surface area contributed by atoms with Crippen molar-refractivity contribution >= 4 is 17.1 Å². The molecular formula is C23H23F3S. The lowest BCUT2D eigenvalue weighted by Gasteiger charge is -2.18. The van der Waals surface area contributed by atoms with Crippen molar-refractivity contribution in [2.75, 3.05) is 0 Å². The van der Waals surface area contributed by atoms with E-state index in [9.17, 15) is 13.2 Å². The molecule has 142 valence electrons. The highest BCUT2D eigenvalue weighted by molar-refractivity contribution is 7.80. The van der Waals surface area contributed by atoms with E-state index in [0.29, 0.717) is 24.0 Å². The molecule has 0 unspecified atom stereocenters. The Bertz CT molecular complexity index is 896. The van der Waals surface area contributed by atoms with Gasteiger partial charge in [0.2, 0.25) is 0 Å². The van der Waals surface area contributed by atoms with E-state index in [0.717, 1.165) is 22.6 Å². The van der Waals surface area contributed by atoms with E-state index in [1.54, 1.807) is 13.0 Å². The molecule has 27 heavy (non-hydrogen) atoms. The molecule has 0 aliphatic carbocycles. The summed E-state index contributed by atoms with van der Waals surface area (Å²) in [6, 6.07) is 12.1. The molecule has 0 fully saturated rings. The summed E-state index contributed by atoms with van der Waals surface area (Å²) in [5.41, 5.74) is 2.19. The molecule has 0 saturated heterocycles. The van der Waals surface area contributed by atoms with E-state index in [1.165, 1.54) is 5.56 Å². The maximum Gasteiger partial charge on any atom is 0.416 e. The lowest BCUT2D eigenvalue weighted by atomic mass is 9.86. The Morgan fingerprint density at radius 3 is 2.33 bits per heavy atom. The molecule has 0 radical (unpaired) electrons. The lowest BCUT2D eigenvalue weighted by Crippen LogP contribution is -2.15. The van der Waals surface area contributed by atoms with Gasteiger partial charge in [0, 0.05) is 17.4 Å². The van der Waals surface area contributed by atoms with Crippen LogP contribution >= 0.6 is 12.2 Å². The second-order valence-electron chi connectivity index (χ2n) is 7.60. The van der Waals surface area contributed by atoms with Crippen molar-refractivity contribution in [3.8, 4) is 11.8 Å². The average molecular weight is 388 g/mol. The van der Waals surface area contributed by atoms with Crippen molar-refractivity contribution in [3.05, 3.63) is 70.3 Å². The van der Waals surface area contributed by atoms with Crippen molar-refractivity contribution in [3.63, 3.8) is 0 Å². The van der Waals surface area contributed by atoms with Gasteiger partial charge in [0.25, 0.3) is 0 Å². The number of thiocarbonyl (C=S) groups is 1. The first kappa shape index (κ1) is 21.2. The van der Waals surface area contributed by atoms with Crippen molar-refractivity contribution in [1.29, 1.82) is 0 Å². The number of rotatable bonds is 4. The molecule has 2 aromatic carbocycles. The summed E-state index contributed by atoms with van der Waals surface area (Å²) in [4.78, 5) is 0.889. The Morgan fingerprint density at radius 1 is 1.00 bits per heavy atom. The molecule has 0 heterocycles. The third-order valence-corrected chi connectivity index (χ3v) is 4.36. The average Bonchev–Trinajstić information content (AvgIpc) is 2.51. The molecule has 0 nitrogen and oxygen atoms in total. The Morgan fingerprint density at radius 2 is 1.70 bits per heavy atom. The number of alkyl halides is 3. The monoisotopic (exact) mass is 388 g/mol. The van der Waals surface area contributed by atoms with Crippen molar-refractivity contribution in [2.45, 2.75) is 46.7 Å². The molecule has 0 amide bonds. The fraction of sp³-hybridized carbons (Fsp3) is 0.348. The molecule has 2 rings (SSSR count). The third-order valence-electron chi connectivity index (χ3n) is 4.07. The van der Waals surface area contributed by atoms with E-state index in [1.807, 2.05) is 39.0 Å². The van der Waals surface area contributed by atoms with E-state index in [-0.39, 0.29) is 0 Å². The van der Waals surface area contributed by atoms with Gasteiger partial charge in [0.05, 0.1) is 5.56 Å². The largest absolute Gasteiger partial charge is 0.416 e. The first-order chi connectivity index (χ1) is 12.4. The quantitative estimate of drug-likeness (QED) is 0.415. The van der Waals surface area contributed by atoms with Crippen LogP contribution in [0.3, 0.4) is 0 Å². The van der Waals surface area contributed by atoms with E-state index < -0.39 is 17.2 Å². The highest BCUT2D eigenvalue weighted by atomic mass is 32.1. The number of benzene rings is 2. The predicted molar refractivity (Wildman–Crippen MR) is 109 cm³/mol. The van der Waals surface area contributed by atoms with Crippen molar-refractivity contribution in [2.24, 2.45) is 5.41 Å². The topological polar surface area (TPSA) is 0 Å². The molecule has 0 aromatic heterocycles. The van der Waals surface area contributed by atoms with Crippen LogP contribution in [0.5, 0.6) is 0 Å². The number of halogens is 3. The maximum atomic E-state index is 13.0. The van der Waals surface area contributed by atoms with Crippen LogP contribution in [-0.2, 0) is 12.6 Å². The summed E-state index contributed by atoms with van der Waals surface area (Å²) >= 11 is 5.53. The highest BCUT2D eigenvalue weighted by Crippen LogP contribution is 2.30. The van der Waals surface area contributed by atoms with Gasteiger partial charge in [-0.3, -0.25) is 0 Å². The highest BCUT2D eigenvalue weighted by Gasteiger charge is 2.30. The standard InChI is InChI=1S/C23H23F3S/c1-16-6-5-7-18(10-16)14-21(27)15-22(3,4)9-8-19-11-17(2)12-20(13-19)23(24,25)26/h5-7,10-13H,14-15H2,1-4H3. The van der Waals surface area contributed by atoms with Crippen molar-refractivity contribution in [1.82, 2.24) is 0 Å². The molecule has 0 spiro atoms. The molecule has 0 saturated carbocycles. The van der Waals surface area contributed by atoms with Gasteiger partial charge in [0.15, 0.2) is 0 Å². The molecule has 2 aromatic rings. The first-order valence-electron chi connectivity index (χ1n) is 8.74. The lowest BCUT2D eigenvalue weighted by molar-refractivity contribution is -0.137. The van der Waals surface area contributed by atoms with Crippen molar-refractivity contribution < 1.29 is 13.2 Å². The molecule has 0 aliphatic rings. The van der Waals surface area contributed by atoms with Gasteiger partial charge < -0.3 is 0 Å². The summed E-state index contributed by atoms with van der Waals surface area (Å²) in [6.07, 6.45) is -3.06. The molecule has 4 heteroatoms. The SMILES string of the molecule is Cc1cccc(CC(=S)CC(C)(C)C#Cc2cc(C)cc(C(F)(F)F)c2)c1. The van der Waals surface area contributed by atoms with Gasteiger partial charge in [-0.1, -0.05) is 53.9 Å². The van der Waals surface area contributed by atoms with Gasteiger partial charge in [0.1, 0.15) is 0 Å². The Balaban J connectivity index is 2.13. The maximum absolute atomic E-state index is 13.0. The van der Waals surface area contributed by atoms with Crippen LogP contribution in [-0.4, -0.2) is 4.86 Å². The van der Waals surface area contributed by atoms with E-state index in [2.05, 4.69) is 17.9 Å². The van der Waals surface area contributed by atoms with Crippen LogP contribution in [0.15, 0.2) is 42.5 Å². The zero-order valence-electron chi connectivity index (χ0n) is 16.0. The Labute approximate surface area is 164 Å². The van der Waals surface area contributed by atoms with Gasteiger partial charge >= 0.3 is 6.18 Å². The molecular weight excluding hydrogens is 365 g/mol. The second-order valence-corrected chi connectivity index (χ2v) is 8.18. The van der Waals surface area contributed by atoms with Crippen LogP contribution in [0.2, 0.25) is 0 Å². The predicted octanol–water partition coefficient (Wildman–Crippen LogP) is 6.70. The van der Waals surface area contributed by atoms with E-state index in [4.69, 9.17) is 12.2 Å². The molecule has 0 bridgehead atoms. The summed E-state index contributed by atoms with van der Waals surface area (Å²) in [5, 5.41) is 0. The molecule has 0 aliphatic heterocycles. The number of hydrogen-bond donors (Lipinski definition) is 0. The van der Waals surface area contributed by atoms with Gasteiger partial charge in [-0.2, -0.15) is 13.2 Å². The zero-order chi connectivity index (χ0) is 20.2. The normalized spacial score (nSPS) is 11.7. The minimum absolute atomic E-state index is 0.375. The molecule has 0 N–H and O–H groups in total. The third kappa shape index (κ3) is 6.84. The van der Waals surface area contributed by atoms with Crippen LogP contribution < -0.4 is 0 Å². The van der Waals surface area contributed by atoms with E-state index >= 15 is 0 Å². The number of hydrogen-bond acceptors (Lipinski definition) is 1. The van der Waals surface area contributed by atoms with Gasteiger partial charge in [-0.15, -0.1) is 0 Å². The summed E-state index contributed by atoms with van der Waals surface area (Å²) in [7, 11) is 0. The van der Waals surface area contributed by atoms with Crippen LogP contribution in [0, 0.1) is 31.1 Å². The first-order valence-corrected chi connectivity index (χ1v) is 9.15. The van der Waals surface area contributed by atoms with Crippen LogP contribution in [0.1, 0.15) is 48.1 Å². The Kier molecular flexibility index (Phi) is 6.49. The zero-order valence-corrected chi connectivity index (χ0v) is 16.8. The smallest absolute Gasteiger partial charge is 0.166 e. The minimum Gasteiger partial charge on any atom is -0.166 e. The minimum atomic E-state index is -4.37. The summed E-state index contributed by atoms with van der Waals surface area (Å²) in [5.74, 6) is 6.01. The van der Waals surface area contributed by atoms with Gasteiger partial charge in [-0.05, 0) is 68.3 Å². The second kappa shape index (κ2) is 8.27. The Hall–Kier alpha value is -2.12. The van der Waals surface area contributed by atoms with Crippen LogP contribution in [0.25, 0.3) is 0 Å². The van der Waals surface area contributed by atoms with Gasteiger partial charge in [-0.25, -0.2) is 0 Å². The molecule has 0 atom stereocenters. The number of aryl methyl sites for hydroxylation is 2. The fourth-order valence-corrected chi connectivity index (χ4v) is 3.44. The summed E-state index contributed by atoms with van der Waals surface area (Å²) < 4.78 is 38.9. The summed E-state index contributed by atoms with van der Waals surface area (Å²) in [6.45, 7) is 7.60. The fourth-order valence-electron chi connectivity index (χ4n) is 2.91. The van der Waals surface area contributed by atoms with Crippen LogP contribution in [0.4, 0.5) is 13.2 Å².